The highest BCUT2D eigenvalue weighted by Gasteiger charge is 2.17. The van der Waals surface area contributed by atoms with E-state index in [-0.39, 0.29) is 18.0 Å². The second-order valence-corrected chi connectivity index (χ2v) is 5.53. The fourth-order valence-corrected chi connectivity index (χ4v) is 2.07. The van der Waals surface area contributed by atoms with Gasteiger partial charge >= 0.3 is 0 Å². The van der Waals surface area contributed by atoms with Crippen molar-refractivity contribution < 1.29 is 4.79 Å². The molecule has 0 spiro atoms. The first-order chi connectivity index (χ1) is 9.02. The Morgan fingerprint density at radius 3 is 2.42 bits per heavy atom. The van der Waals surface area contributed by atoms with E-state index in [1.807, 2.05) is 25.1 Å². The van der Waals surface area contributed by atoms with Crippen molar-refractivity contribution in [3.8, 4) is 0 Å². The molecule has 0 aliphatic heterocycles. The highest BCUT2D eigenvalue weighted by molar-refractivity contribution is 5.77. The summed E-state index contributed by atoms with van der Waals surface area (Å²) in [5.74, 6) is 0.578. The van der Waals surface area contributed by atoms with Gasteiger partial charge in [-0.25, -0.2) is 0 Å². The van der Waals surface area contributed by atoms with Crippen molar-refractivity contribution in [3.63, 3.8) is 0 Å². The summed E-state index contributed by atoms with van der Waals surface area (Å²) in [7, 11) is 0. The minimum atomic E-state index is -0.0459. The minimum Gasteiger partial charge on any atom is -0.349 e. The van der Waals surface area contributed by atoms with Crippen molar-refractivity contribution in [2.45, 2.75) is 52.1 Å². The summed E-state index contributed by atoms with van der Waals surface area (Å²) in [6, 6.07) is 10.2. The molecule has 106 valence electrons. The van der Waals surface area contributed by atoms with Gasteiger partial charge in [0.15, 0.2) is 0 Å². The molecule has 1 aromatic rings. The van der Waals surface area contributed by atoms with E-state index in [1.165, 1.54) is 0 Å². The quantitative estimate of drug-likeness (QED) is 0.793. The third kappa shape index (κ3) is 5.88. The van der Waals surface area contributed by atoms with Crippen molar-refractivity contribution in [1.82, 2.24) is 5.32 Å². The summed E-state index contributed by atoms with van der Waals surface area (Å²) >= 11 is 0. The van der Waals surface area contributed by atoms with Crippen LogP contribution in [0, 0.1) is 5.92 Å². The number of benzene rings is 1. The van der Waals surface area contributed by atoms with Crippen LogP contribution in [0.2, 0.25) is 0 Å². The van der Waals surface area contributed by atoms with Crippen LogP contribution in [0.15, 0.2) is 30.3 Å². The molecule has 0 aliphatic rings. The van der Waals surface area contributed by atoms with E-state index in [0.717, 1.165) is 18.4 Å². The summed E-state index contributed by atoms with van der Waals surface area (Å²) in [6.07, 6.45) is 2.17. The van der Waals surface area contributed by atoms with E-state index in [1.54, 1.807) is 0 Å². The summed E-state index contributed by atoms with van der Waals surface area (Å²) in [5, 5.41) is 3.11. The Labute approximate surface area is 116 Å². The number of rotatable bonds is 7. The number of nitrogens with two attached hydrogens (primary N) is 1. The first kappa shape index (κ1) is 15.7. The zero-order valence-corrected chi connectivity index (χ0v) is 12.2. The Hall–Kier alpha value is -1.35. The van der Waals surface area contributed by atoms with Crippen LogP contribution in [0.1, 0.15) is 51.6 Å². The molecule has 0 fully saturated rings. The van der Waals surface area contributed by atoms with Gasteiger partial charge in [0.1, 0.15) is 0 Å². The summed E-state index contributed by atoms with van der Waals surface area (Å²) in [5.41, 5.74) is 6.99. The number of hydrogen-bond donors (Lipinski definition) is 2. The third-order valence-corrected chi connectivity index (χ3v) is 3.22. The average molecular weight is 262 g/mol. The largest absolute Gasteiger partial charge is 0.349 e. The van der Waals surface area contributed by atoms with Gasteiger partial charge in [-0.05, 0) is 24.3 Å². The Kier molecular flexibility index (Phi) is 6.57. The topological polar surface area (TPSA) is 55.1 Å². The van der Waals surface area contributed by atoms with Gasteiger partial charge in [-0.15, -0.1) is 0 Å². The molecule has 19 heavy (non-hydrogen) atoms. The molecule has 3 nitrogen and oxygen atoms in total. The molecule has 0 bridgehead atoms. The lowest BCUT2D eigenvalue weighted by Crippen LogP contribution is -2.34. The number of hydrogen-bond acceptors (Lipinski definition) is 2. The maximum atomic E-state index is 12.0. The first-order valence-electron chi connectivity index (χ1n) is 7.12. The predicted molar refractivity (Wildman–Crippen MR) is 79.7 cm³/mol. The molecule has 3 N–H and O–H groups in total. The van der Waals surface area contributed by atoms with Gasteiger partial charge in [0.2, 0.25) is 5.91 Å². The monoisotopic (exact) mass is 262 g/mol. The lowest BCUT2D eigenvalue weighted by Gasteiger charge is -2.22. The van der Waals surface area contributed by atoms with Crippen LogP contribution >= 0.6 is 0 Å². The molecule has 2 atom stereocenters. The molecule has 0 saturated carbocycles. The van der Waals surface area contributed by atoms with Crippen LogP contribution < -0.4 is 11.1 Å². The Morgan fingerprint density at radius 2 is 1.89 bits per heavy atom. The molecule has 0 heterocycles. The van der Waals surface area contributed by atoms with Crippen molar-refractivity contribution in [2.24, 2.45) is 11.7 Å². The lowest BCUT2D eigenvalue weighted by atomic mass is 9.96. The van der Waals surface area contributed by atoms with Gasteiger partial charge in [0, 0.05) is 12.5 Å². The van der Waals surface area contributed by atoms with Crippen LogP contribution in [0.25, 0.3) is 0 Å². The SMILES string of the molecule is CCC(N)CC(=O)NC(CC(C)C)c1ccccc1. The van der Waals surface area contributed by atoms with E-state index in [2.05, 4.69) is 31.3 Å². The normalized spacial score (nSPS) is 14.2. The molecule has 2 unspecified atom stereocenters. The van der Waals surface area contributed by atoms with Gasteiger partial charge in [-0.3, -0.25) is 4.79 Å². The first-order valence-corrected chi connectivity index (χ1v) is 7.12. The van der Waals surface area contributed by atoms with E-state index in [0.29, 0.717) is 12.3 Å². The highest BCUT2D eigenvalue weighted by Crippen LogP contribution is 2.21. The number of amides is 1. The van der Waals surface area contributed by atoms with Crippen LogP contribution in [0.5, 0.6) is 0 Å². The van der Waals surface area contributed by atoms with Crippen molar-refractivity contribution in [3.05, 3.63) is 35.9 Å². The molecule has 0 radical (unpaired) electrons. The smallest absolute Gasteiger partial charge is 0.222 e. The van der Waals surface area contributed by atoms with E-state index in [9.17, 15) is 4.79 Å². The molecule has 0 aliphatic carbocycles. The average Bonchev–Trinajstić information content (AvgIpc) is 2.38. The molecule has 3 heteroatoms. The Balaban J connectivity index is 2.68. The van der Waals surface area contributed by atoms with Crippen LogP contribution in [-0.4, -0.2) is 11.9 Å². The van der Waals surface area contributed by atoms with Crippen molar-refractivity contribution in [1.29, 1.82) is 0 Å². The molecular weight excluding hydrogens is 236 g/mol. The van der Waals surface area contributed by atoms with Gasteiger partial charge in [0.05, 0.1) is 6.04 Å². The maximum absolute atomic E-state index is 12.0. The van der Waals surface area contributed by atoms with E-state index in [4.69, 9.17) is 5.73 Å². The zero-order chi connectivity index (χ0) is 14.3. The molecule has 0 aromatic heterocycles. The minimum absolute atomic E-state index is 0.0452. The summed E-state index contributed by atoms with van der Waals surface area (Å²) in [6.45, 7) is 6.33. The molecule has 1 rings (SSSR count). The number of nitrogens with one attached hydrogen (secondary N) is 1. The Bertz CT molecular complexity index is 376. The van der Waals surface area contributed by atoms with Gasteiger partial charge in [0.25, 0.3) is 0 Å². The van der Waals surface area contributed by atoms with Crippen LogP contribution in [-0.2, 0) is 4.79 Å². The molecule has 0 saturated heterocycles. The zero-order valence-electron chi connectivity index (χ0n) is 12.2. The predicted octanol–water partition coefficient (Wildman–Crippen LogP) is 3.02. The van der Waals surface area contributed by atoms with Crippen LogP contribution in [0.4, 0.5) is 0 Å². The molecule has 1 aromatic carbocycles. The number of carbonyl (C=O) groups excluding carboxylic acids is 1. The third-order valence-electron chi connectivity index (χ3n) is 3.22. The Morgan fingerprint density at radius 1 is 1.26 bits per heavy atom. The van der Waals surface area contributed by atoms with E-state index < -0.39 is 0 Å². The standard InChI is InChI=1S/C16H26N2O/c1-4-14(17)11-16(19)18-15(10-12(2)3)13-8-6-5-7-9-13/h5-9,12,14-15H,4,10-11,17H2,1-3H3,(H,18,19). The summed E-state index contributed by atoms with van der Waals surface area (Å²) < 4.78 is 0. The molecule has 1 amide bonds. The van der Waals surface area contributed by atoms with Crippen molar-refractivity contribution >= 4 is 5.91 Å². The second-order valence-electron chi connectivity index (χ2n) is 5.53. The van der Waals surface area contributed by atoms with Crippen molar-refractivity contribution in [2.75, 3.05) is 0 Å². The number of carbonyl (C=O) groups is 1. The fraction of sp³-hybridized carbons (Fsp3) is 0.562. The van der Waals surface area contributed by atoms with E-state index >= 15 is 0 Å². The van der Waals surface area contributed by atoms with Gasteiger partial charge in [-0.1, -0.05) is 51.1 Å². The van der Waals surface area contributed by atoms with Gasteiger partial charge < -0.3 is 11.1 Å². The molecular formula is C16H26N2O. The second kappa shape index (κ2) is 7.95. The lowest BCUT2D eigenvalue weighted by molar-refractivity contribution is -0.122. The van der Waals surface area contributed by atoms with Crippen LogP contribution in [0.3, 0.4) is 0 Å². The summed E-state index contributed by atoms with van der Waals surface area (Å²) in [4.78, 5) is 12.0. The van der Waals surface area contributed by atoms with Gasteiger partial charge in [-0.2, -0.15) is 0 Å². The maximum Gasteiger partial charge on any atom is 0.222 e. The fourth-order valence-electron chi connectivity index (χ4n) is 2.07. The highest BCUT2D eigenvalue weighted by atomic mass is 16.1.